The van der Waals surface area contributed by atoms with Gasteiger partial charge in [-0.3, -0.25) is 0 Å². The van der Waals surface area contributed by atoms with Gasteiger partial charge in [0.25, 0.3) is 0 Å². The van der Waals surface area contributed by atoms with Crippen molar-refractivity contribution in [2.75, 3.05) is 26.2 Å². The Bertz CT molecular complexity index is 1650. The number of hydrogen-bond acceptors (Lipinski definition) is 7. The molecule has 7 nitrogen and oxygen atoms in total. The molecule has 2 aromatic rings. The van der Waals surface area contributed by atoms with Gasteiger partial charge in [-0.2, -0.15) is 10.2 Å². The number of nitrogens with two attached hydrogens (primary N) is 1. The summed E-state index contributed by atoms with van der Waals surface area (Å²) in [6.45, 7) is 16.2. The van der Waals surface area contributed by atoms with Gasteiger partial charge >= 0.3 is 5.97 Å². The van der Waals surface area contributed by atoms with E-state index in [1.807, 2.05) is 48.5 Å². The van der Waals surface area contributed by atoms with Gasteiger partial charge in [-0.1, -0.05) is 97.6 Å². The summed E-state index contributed by atoms with van der Waals surface area (Å²) < 4.78 is 12.1. The van der Waals surface area contributed by atoms with Crippen molar-refractivity contribution >= 4 is 17.3 Å². The molecule has 4 aliphatic carbocycles. The van der Waals surface area contributed by atoms with Gasteiger partial charge in [0.15, 0.2) is 0 Å². The molecule has 0 heterocycles. The van der Waals surface area contributed by atoms with Gasteiger partial charge in [-0.25, -0.2) is 4.79 Å². The van der Waals surface area contributed by atoms with Crippen LogP contribution in [0.25, 0.3) is 0 Å². The van der Waals surface area contributed by atoms with E-state index in [9.17, 15) is 4.79 Å². The fraction of sp³-hybridized carbons (Fsp3) is 0.717. The Kier molecular flexibility index (Phi) is 17.7. The predicted molar refractivity (Wildman–Crippen MR) is 248 cm³/mol. The van der Waals surface area contributed by atoms with E-state index in [-0.39, 0.29) is 17.5 Å². The number of fused-ring (bicyclic) bond motifs is 5. The molecule has 0 radical (unpaired) electrons. The van der Waals surface area contributed by atoms with Crippen LogP contribution < -0.4 is 15.8 Å². The zero-order valence-corrected chi connectivity index (χ0v) is 38.4. The summed E-state index contributed by atoms with van der Waals surface area (Å²) in [6.07, 6.45) is 27.7. The van der Waals surface area contributed by atoms with Crippen LogP contribution in [0.2, 0.25) is 0 Å². The van der Waals surface area contributed by atoms with Crippen molar-refractivity contribution in [2.24, 2.45) is 62.3 Å². The maximum absolute atomic E-state index is 13.4. The smallest absolute Gasteiger partial charge is 0.338 e. The molecular formula is C53H82N4O3. The van der Waals surface area contributed by atoms with Crippen molar-refractivity contribution in [1.82, 2.24) is 5.32 Å². The number of benzene rings is 2. The molecule has 332 valence electrons. The van der Waals surface area contributed by atoms with Crippen LogP contribution in [0.1, 0.15) is 173 Å². The van der Waals surface area contributed by atoms with Crippen molar-refractivity contribution in [3.63, 3.8) is 0 Å². The van der Waals surface area contributed by atoms with Crippen molar-refractivity contribution in [1.29, 1.82) is 0 Å². The number of carbonyl (C=O) groups excluding carboxylic acids is 1. The maximum Gasteiger partial charge on any atom is 0.338 e. The van der Waals surface area contributed by atoms with E-state index >= 15 is 0 Å². The summed E-state index contributed by atoms with van der Waals surface area (Å²) in [5.74, 6) is 5.60. The van der Waals surface area contributed by atoms with E-state index in [2.05, 4.69) is 56.2 Å². The van der Waals surface area contributed by atoms with Crippen LogP contribution in [0, 0.1) is 46.3 Å². The number of ether oxygens (including phenoxy) is 2. The zero-order valence-electron chi connectivity index (χ0n) is 38.4. The fourth-order valence-electron chi connectivity index (χ4n) is 12.3. The molecule has 0 aromatic heterocycles. The lowest BCUT2D eigenvalue weighted by Gasteiger charge is -2.58. The van der Waals surface area contributed by atoms with Crippen molar-refractivity contribution < 1.29 is 14.3 Å². The number of carbonyl (C=O) groups is 1. The van der Waals surface area contributed by atoms with Gasteiger partial charge in [0.2, 0.25) is 0 Å². The highest BCUT2D eigenvalue weighted by Crippen LogP contribution is 2.67. The number of allylic oxidation sites excluding steroid dienone is 1. The molecule has 60 heavy (non-hydrogen) atoms. The van der Waals surface area contributed by atoms with Crippen LogP contribution >= 0.6 is 0 Å². The summed E-state index contributed by atoms with van der Waals surface area (Å²) in [4.78, 5) is 13.4. The second-order valence-electron chi connectivity index (χ2n) is 20.4. The third kappa shape index (κ3) is 12.3. The van der Waals surface area contributed by atoms with E-state index in [0.717, 1.165) is 98.7 Å². The SMILES string of the molecule is CC(C)CCC[C@@H](C)[C@H]1CC[C@H]2[C@@H]3CC=C4C[C@@H](OC(=O)c5ccc(N=Nc6ccc(OCCCCNCCCCCCCCCN)cc6)cc5)CC[C@]4(C)[C@H]3CC[C@]12C. The molecule has 3 N–H and O–H groups in total. The Morgan fingerprint density at radius 3 is 2.13 bits per heavy atom. The Labute approximate surface area is 364 Å². The predicted octanol–water partition coefficient (Wildman–Crippen LogP) is 14.1. The first-order valence-electron chi connectivity index (χ1n) is 24.7. The highest BCUT2D eigenvalue weighted by molar-refractivity contribution is 5.89. The third-order valence-electron chi connectivity index (χ3n) is 15.8. The average molecular weight is 823 g/mol. The quantitative estimate of drug-likeness (QED) is 0.0475. The molecule has 2 aromatic carbocycles. The molecule has 7 heteroatoms. The topological polar surface area (TPSA) is 98.3 Å². The van der Waals surface area contributed by atoms with Crippen LogP contribution in [0.15, 0.2) is 70.4 Å². The van der Waals surface area contributed by atoms with Crippen LogP contribution in [-0.2, 0) is 4.74 Å². The van der Waals surface area contributed by atoms with Crippen LogP contribution in [0.3, 0.4) is 0 Å². The summed E-state index contributed by atoms with van der Waals surface area (Å²) in [7, 11) is 0. The van der Waals surface area contributed by atoms with E-state index in [1.54, 1.807) is 5.57 Å². The largest absolute Gasteiger partial charge is 0.494 e. The van der Waals surface area contributed by atoms with Gasteiger partial charge in [0.05, 0.1) is 23.5 Å². The molecule has 8 atom stereocenters. The highest BCUT2D eigenvalue weighted by atomic mass is 16.5. The minimum Gasteiger partial charge on any atom is -0.494 e. The third-order valence-corrected chi connectivity index (χ3v) is 15.8. The van der Waals surface area contributed by atoms with Gasteiger partial charge < -0.3 is 20.5 Å². The Morgan fingerprint density at radius 1 is 0.767 bits per heavy atom. The molecule has 0 amide bonds. The molecule has 0 unspecified atom stereocenters. The zero-order chi connectivity index (χ0) is 42.4. The molecule has 0 bridgehead atoms. The number of esters is 1. The molecule has 4 aliphatic rings. The van der Waals surface area contributed by atoms with Crippen molar-refractivity contribution in [3.05, 3.63) is 65.7 Å². The number of unbranched alkanes of at least 4 members (excludes halogenated alkanes) is 7. The standard InChI is InChI=1S/C53H82N4O3/c1-39(2)16-15-17-40(3)48-28-29-49-47-27-20-42-38-46(30-32-52(42,4)50(47)31-33-53(48,49)5)60-51(58)41-18-21-43(22-19-41)56-57-44-23-25-45(26-24-44)59-37-14-13-36-55-35-12-10-8-6-7-9-11-34-54/h18-26,39-40,46-50,55H,6-17,27-38,54H2,1-5H3/t40-,46+,47+,48-,49+,50+,52+,53-/m1/s1. The second kappa shape index (κ2) is 22.9. The first-order valence-corrected chi connectivity index (χ1v) is 24.7. The van der Waals surface area contributed by atoms with E-state index in [1.165, 1.54) is 96.3 Å². The summed E-state index contributed by atoms with van der Waals surface area (Å²) >= 11 is 0. The van der Waals surface area contributed by atoms with E-state index < -0.39 is 0 Å². The maximum atomic E-state index is 13.4. The van der Waals surface area contributed by atoms with Gasteiger partial charge in [0, 0.05) is 6.42 Å². The number of hydrogen-bond donors (Lipinski definition) is 2. The van der Waals surface area contributed by atoms with Crippen molar-refractivity contribution in [2.45, 2.75) is 169 Å². The minimum atomic E-state index is -0.239. The van der Waals surface area contributed by atoms with Gasteiger partial charge in [-0.05, 0) is 185 Å². The van der Waals surface area contributed by atoms with E-state index in [0.29, 0.717) is 23.3 Å². The van der Waals surface area contributed by atoms with Gasteiger partial charge in [-0.15, -0.1) is 0 Å². The normalized spacial score (nSPS) is 27.9. The Balaban J connectivity index is 0.887. The summed E-state index contributed by atoms with van der Waals surface area (Å²) in [6, 6.07) is 15.1. The lowest BCUT2D eigenvalue weighted by atomic mass is 9.47. The number of nitrogens with one attached hydrogen (secondary N) is 1. The monoisotopic (exact) mass is 823 g/mol. The van der Waals surface area contributed by atoms with E-state index in [4.69, 9.17) is 15.2 Å². The van der Waals surface area contributed by atoms with Crippen LogP contribution in [0.5, 0.6) is 5.75 Å². The molecular weight excluding hydrogens is 741 g/mol. The summed E-state index contributed by atoms with van der Waals surface area (Å²) in [5, 5.41) is 12.4. The van der Waals surface area contributed by atoms with Gasteiger partial charge in [0.1, 0.15) is 11.9 Å². The first-order chi connectivity index (χ1) is 29.1. The lowest BCUT2D eigenvalue weighted by molar-refractivity contribution is -0.0594. The first kappa shape index (κ1) is 46.5. The average Bonchev–Trinajstić information content (AvgIpc) is 3.61. The molecule has 0 spiro atoms. The molecule has 0 aliphatic heterocycles. The molecule has 0 saturated heterocycles. The minimum absolute atomic E-state index is 0.0556. The lowest BCUT2D eigenvalue weighted by Crippen LogP contribution is -2.51. The highest BCUT2D eigenvalue weighted by Gasteiger charge is 2.59. The molecule has 3 saturated carbocycles. The molecule has 3 fully saturated rings. The number of nitrogens with zero attached hydrogens (tertiary/aromatic N) is 2. The number of rotatable bonds is 24. The van der Waals surface area contributed by atoms with Crippen molar-refractivity contribution in [3.8, 4) is 5.75 Å². The molecule has 6 rings (SSSR count). The summed E-state index contributed by atoms with van der Waals surface area (Å²) in [5.41, 5.74) is 9.91. The Morgan fingerprint density at radius 2 is 1.43 bits per heavy atom. The number of azo groups is 1. The second-order valence-corrected chi connectivity index (χ2v) is 20.4. The van der Waals surface area contributed by atoms with Crippen LogP contribution in [-0.4, -0.2) is 38.3 Å². The van der Waals surface area contributed by atoms with Crippen LogP contribution in [0.4, 0.5) is 11.4 Å². The fourth-order valence-corrected chi connectivity index (χ4v) is 12.3. The Hall–Kier alpha value is -3.03.